The van der Waals surface area contributed by atoms with E-state index in [-0.39, 0.29) is 0 Å². The van der Waals surface area contributed by atoms with Crippen molar-refractivity contribution < 1.29 is 8.83 Å². The number of aromatic nitrogens is 1. The van der Waals surface area contributed by atoms with Crippen LogP contribution in [0.3, 0.4) is 0 Å². The molecule has 0 fully saturated rings. The summed E-state index contributed by atoms with van der Waals surface area (Å²) in [5.74, 6) is 0. The van der Waals surface area contributed by atoms with Crippen LogP contribution < -0.4 is 0 Å². The zero-order valence-electron chi connectivity index (χ0n) is 26.2. The summed E-state index contributed by atoms with van der Waals surface area (Å²) in [6.45, 7) is 0. The van der Waals surface area contributed by atoms with Gasteiger partial charge in [0.25, 0.3) is 0 Å². The van der Waals surface area contributed by atoms with E-state index in [1.165, 1.54) is 33.4 Å². The van der Waals surface area contributed by atoms with Gasteiger partial charge in [-0.25, -0.2) is 4.98 Å². The first-order valence-corrected chi connectivity index (χ1v) is 16.8. The van der Waals surface area contributed by atoms with Crippen LogP contribution in [0.25, 0.3) is 88.3 Å². The Hall–Kier alpha value is -6.45. The molecular formula is C46H25NO2. The fourth-order valence-electron chi connectivity index (χ4n) is 9.05. The normalized spacial score (nSPS) is 15.8. The van der Waals surface area contributed by atoms with Crippen molar-refractivity contribution in [3.05, 3.63) is 174 Å². The van der Waals surface area contributed by atoms with Gasteiger partial charge < -0.3 is 8.83 Å². The SMILES string of the molecule is c1ccc2c(c1)-c1ccc(-c3ccc4ccccc4n3)cc1C21c2cc3c(cc2-c2c1ccc1c2oc2ccccc21)oc1ccccc13. The van der Waals surface area contributed by atoms with Crippen LogP contribution in [0, 0.1) is 0 Å². The van der Waals surface area contributed by atoms with Crippen LogP contribution in [0.15, 0.2) is 160 Å². The summed E-state index contributed by atoms with van der Waals surface area (Å²) in [4.78, 5) is 5.13. The van der Waals surface area contributed by atoms with Crippen molar-refractivity contribution in [1.29, 1.82) is 0 Å². The molecule has 0 amide bonds. The molecule has 226 valence electrons. The van der Waals surface area contributed by atoms with Crippen LogP contribution in [0.5, 0.6) is 0 Å². The van der Waals surface area contributed by atoms with Gasteiger partial charge in [-0.2, -0.15) is 0 Å². The van der Waals surface area contributed by atoms with Crippen LogP contribution >= 0.6 is 0 Å². The number of nitrogens with zero attached hydrogens (tertiary/aromatic N) is 1. The van der Waals surface area contributed by atoms with Gasteiger partial charge in [-0.05, 0) is 81.4 Å². The third-order valence-corrected chi connectivity index (χ3v) is 11.1. The smallest absolute Gasteiger partial charge is 0.143 e. The maximum absolute atomic E-state index is 6.80. The van der Waals surface area contributed by atoms with E-state index in [9.17, 15) is 0 Å². The first kappa shape index (κ1) is 25.6. The monoisotopic (exact) mass is 623 g/mol. The minimum Gasteiger partial charge on any atom is -0.456 e. The second-order valence-electron chi connectivity index (χ2n) is 13.4. The lowest BCUT2D eigenvalue weighted by Crippen LogP contribution is -2.26. The van der Waals surface area contributed by atoms with Gasteiger partial charge in [-0.15, -0.1) is 0 Å². The number of benzene rings is 7. The lowest BCUT2D eigenvalue weighted by Gasteiger charge is -2.30. The highest BCUT2D eigenvalue weighted by molar-refractivity contribution is 6.15. The average molecular weight is 624 g/mol. The maximum atomic E-state index is 6.80. The zero-order valence-corrected chi connectivity index (χ0v) is 26.2. The van der Waals surface area contributed by atoms with Crippen LogP contribution in [0.4, 0.5) is 0 Å². The molecule has 10 aromatic rings. The molecule has 2 aliphatic rings. The molecule has 12 rings (SSSR count). The molecule has 0 saturated carbocycles. The largest absolute Gasteiger partial charge is 0.456 e. The van der Waals surface area contributed by atoms with Crippen LogP contribution in [-0.4, -0.2) is 4.98 Å². The van der Waals surface area contributed by atoms with Crippen molar-refractivity contribution in [3.63, 3.8) is 0 Å². The fourth-order valence-corrected chi connectivity index (χ4v) is 9.05. The van der Waals surface area contributed by atoms with Crippen molar-refractivity contribution in [2.45, 2.75) is 5.41 Å². The van der Waals surface area contributed by atoms with Crippen LogP contribution in [0.1, 0.15) is 22.3 Å². The van der Waals surface area contributed by atoms with Gasteiger partial charge in [0, 0.05) is 38.1 Å². The number of hydrogen-bond donors (Lipinski definition) is 0. The number of para-hydroxylation sites is 3. The molecule has 3 aromatic heterocycles. The van der Waals surface area contributed by atoms with Crippen molar-refractivity contribution in [2.75, 3.05) is 0 Å². The minimum absolute atomic E-state index is 0.566. The van der Waals surface area contributed by atoms with Gasteiger partial charge in [0.2, 0.25) is 0 Å². The minimum atomic E-state index is -0.566. The van der Waals surface area contributed by atoms with Gasteiger partial charge in [0.1, 0.15) is 22.3 Å². The van der Waals surface area contributed by atoms with E-state index in [1.807, 2.05) is 12.1 Å². The molecule has 1 atom stereocenters. The molecule has 0 aliphatic heterocycles. The Balaban J connectivity index is 1.25. The fraction of sp³-hybridized carbons (Fsp3) is 0.0217. The average Bonchev–Trinajstić information content (AvgIpc) is 3.88. The second-order valence-corrected chi connectivity index (χ2v) is 13.4. The van der Waals surface area contributed by atoms with E-state index in [2.05, 4.69) is 140 Å². The Labute approximate surface area is 280 Å². The Kier molecular flexibility index (Phi) is 4.66. The molecule has 0 bridgehead atoms. The number of rotatable bonds is 1. The highest BCUT2D eigenvalue weighted by Gasteiger charge is 2.53. The summed E-state index contributed by atoms with van der Waals surface area (Å²) >= 11 is 0. The second kappa shape index (κ2) is 8.91. The lowest BCUT2D eigenvalue weighted by molar-refractivity contribution is 0.668. The van der Waals surface area contributed by atoms with E-state index < -0.39 is 5.41 Å². The molecule has 1 spiro atoms. The van der Waals surface area contributed by atoms with E-state index in [0.29, 0.717) is 0 Å². The molecule has 3 heterocycles. The highest BCUT2D eigenvalue weighted by Crippen LogP contribution is 2.65. The standard InChI is InChI=1S/C46H25NO2/c1-6-14-39-26(9-1)18-22-40(47-39)27-17-19-29-28-10-2-5-13-35(28)46(37(29)23-27)36-21-20-32-30-11-3-8-16-42(30)49-45(32)44(36)34-25-43-33(24-38(34)46)31-12-4-7-15-41(31)48-43/h1-25H. The molecule has 3 heteroatoms. The van der Waals surface area contributed by atoms with Crippen molar-refractivity contribution in [3.8, 4) is 33.5 Å². The Bertz CT molecular complexity index is 3070. The Morgan fingerprint density at radius 2 is 1.16 bits per heavy atom. The number of fused-ring (bicyclic) bond motifs is 18. The number of pyridine rings is 1. The Morgan fingerprint density at radius 1 is 0.429 bits per heavy atom. The van der Waals surface area contributed by atoms with E-state index in [0.717, 1.165) is 77.2 Å². The predicted molar refractivity (Wildman–Crippen MR) is 198 cm³/mol. The molecule has 0 saturated heterocycles. The van der Waals surface area contributed by atoms with Crippen molar-refractivity contribution in [2.24, 2.45) is 0 Å². The molecule has 3 nitrogen and oxygen atoms in total. The predicted octanol–water partition coefficient (Wildman–Crippen LogP) is 12.0. The van der Waals surface area contributed by atoms with E-state index >= 15 is 0 Å². The summed E-state index contributed by atoms with van der Waals surface area (Å²) in [7, 11) is 0. The van der Waals surface area contributed by atoms with Gasteiger partial charge >= 0.3 is 0 Å². The molecule has 0 radical (unpaired) electrons. The molecule has 7 aromatic carbocycles. The molecule has 0 N–H and O–H groups in total. The van der Waals surface area contributed by atoms with Crippen molar-refractivity contribution in [1.82, 2.24) is 4.98 Å². The molecular weight excluding hydrogens is 599 g/mol. The van der Waals surface area contributed by atoms with Gasteiger partial charge in [-0.3, -0.25) is 0 Å². The molecule has 1 unspecified atom stereocenters. The Morgan fingerprint density at radius 3 is 2.08 bits per heavy atom. The van der Waals surface area contributed by atoms with Crippen molar-refractivity contribution >= 4 is 54.8 Å². The van der Waals surface area contributed by atoms with Gasteiger partial charge in [0.15, 0.2) is 0 Å². The van der Waals surface area contributed by atoms with E-state index in [4.69, 9.17) is 13.8 Å². The summed E-state index contributed by atoms with van der Waals surface area (Å²) in [5.41, 5.74) is 16.0. The van der Waals surface area contributed by atoms with Crippen LogP contribution in [0.2, 0.25) is 0 Å². The van der Waals surface area contributed by atoms with Gasteiger partial charge in [0.05, 0.1) is 16.6 Å². The first-order valence-electron chi connectivity index (χ1n) is 16.8. The number of furan rings is 2. The molecule has 2 aliphatic carbocycles. The van der Waals surface area contributed by atoms with E-state index in [1.54, 1.807) is 0 Å². The van der Waals surface area contributed by atoms with Crippen LogP contribution in [-0.2, 0) is 5.41 Å². The highest BCUT2D eigenvalue weighted by atomic mass is 16.3. The summed E-state index contributed by atoms with van der Waals surface area (Å²) in [6, 6.07) is 54.5. The first-order chi connectivity index (χ1) is 24.3. The lowest BCUT2D eigenvalue weighted by atomic mass is 9.70. The van der Waals surface area contributed by atoms with Gasteiger partial charge in [-0.1, -0.05) is 109 Å². The third kappa shape index (κ3) is 3.11. The summed E-state index contributed by atoms with van der Waals surface area (Å²) in [6.07, 6.45) is 0. The summed E-state index contributed by atoms with van der Waals surface area (Å²) in [5, 5.41) is 5.65. The quantitative estimate of drug-likeness (QED) is 0.183. The summed E-state index contributed by atoms with van der Waals surface area (Å²) < 4.78 is 13.3. The zero-order chi connectivity index (χ0) is 31.8. The molecule has 49 heavy (non-hydrogen) atoms. The topological polar surface area (TPSA) is 39.2 Å². The maximum Gasteiger partial charge on any atom is 0.143 e. The number of hydrogen-bond acceptors (Lipinski definition) is 3. The third-order valence-electron chi connectivity index (χ3n) is 11.1.